The van der Waals surface area contributed by atoms with Crippen molar-refractivity contribution in [2.45, 2.75) is 119 Å². The Bertz CT molecular complexity index is 1050. The zero-order chi connectivity index (χ0) is 30.0. The van der Waals surface area contributed by atoms with E-state index < -0.39 is 0 Å². The fraction of sp³-hybridized carbons (Fsp3) is 0.865. The molecule has 5 fully saturated rings. The lowest BCUT2D eigenvalue weighted by molar-refractivity contribution is -0.243. The molecule has 5 rings (SSSR count). The average Bonchev–Trinajstić information content (AvgIpc) is 3.34. The van der Waals surface area contributed by atoms with E-state index in [2.05, 4.69) is 54.7 Å². The first-order valence-corrected chi connectivity index (χ1v) is 17.0. The van der Waals surface area contributed by atoms with Crippen LogP contribution in [0.15, 0.2) is 24.5 Å². The molecule has 0 amide bonds. The summed E-state index contributed by atoms with van der Waals surface area (Å²) in [5.41, 5.74) is 2.38. The zero-order valence-electron chi connectivity index (χ0n) is 27.4. The summed E-state index contributed by atoms with van der Waals surface area (Å²) in [6, 6.07) is 0. The van der Waals surface area contributed by atoms with E-state index >= 15 is 0 Å². The van der Waals surface area contributed by atoms with Crippen LogP contribution in [0.3, 0.4) is 0 Å². The number of esters is 1. The third kappa shape index (κ3) is 4.33. The predicted octanol–water partition coefficient (Wildman–Crippen LogP) is 8.74. The maximum atomic E-state index is 11.7. The molecule has 0 saturated heterocycles. The number of hydrogen-bond acceptors (Lipinski definition) is 4. The number of hydrogen-bond donors (Lipinski definition) is 1. The van der Waals surface area contributed by atoms with Crippen LogP contribution in [0.1, 0.15) is 119 Å². The van der Waals surface area contributed by atoms with Crippen LogP contribution >= 0.6 is 0 Å². The Hall–Kier alpha value is -1.29. The lowest BCUT2D eigenvalue weighted by atomic mass is 9.31. The Labute approximate surface area is 251 Å². The molecular weight excluding hydrogens is 508 g/mol. The Morgan fingerprint density at radius 2 is 1.61 bits per heavy atom. The van der Waals surface area contributed by atoms with Crippen LogP contribution in [0.25, 0.3) is 0 Å². The molecule has 0 aliphatic heterocycles. The van der Waals surface area contributed by atoms with Crippen LogP contribution in [0, 0.1) is 62.6 Å². The molecule has 0 aromatic heterocycles. The van der Waals surface area contributed by atoms with E-state index in [0.29, 0.717) is 47.2 Å². The van der Waals surface area contributed by atoms with E-state index in [4.69, 9.17) is 9.47 Å². The van der Waals surface area contributed by atoms with E-state index in [1.807, 2.05) is 0 Å². The highest BCUT2D eigenvalue weighted by Crippen LogP contribution is 2.78. The molecule has 0 bridgehead atoms. The smallest absolute Gasteiger partial charge is 0.302 e. The molecule has 4 heteroatoms. The molecule has 0 spiro atoms. The van der Waals surface area contributed by atoms with Gasteiger partial charge in [-0.1, -0.05) is 61.1 Å². The van der Waals surface area contributed by atoms with Crippen molar-refractivity contribution >= 4 is 5.97 Å². The average molecular weight is 569 g/mol. The molecule has 0 radical (unpaired) electrons. The highest BCUT2D eigenvalue weighted by Gasteiger charge is 2.71. The number of fused-ring (bicyclic) bond motifs is 7. The Balaban J connectivity index is 1.52. The number of rotatable bonds is 8. The van der Waals surface area contributed by atoms with Crippen molar-refractivity contribution in [2.75, 3.05) is 19.8 Å². The lowest BCUT2D eigenvalue weighted by Gasteiger charge is -2.73. The Kier molecular flexibility index (Phi) is 8.13. The van der Waals surface area contributed by atoms with Gasteiger partial charge in [-0.3, -0.25) is 4.79 Å². The Morgan fingerprint density at radius 3 is 2.27 bits per heavy atom. The van der Waals surface area contributed by atoms with Crippen LogP contribution < -0.4 is 0 Å². The summed E-state index contributed by atoms with van der Waals surface area (Å²) < 4.78 is 11.7. The van der Waals surface area contributed by atoms with E-state index in [-0.39, 0.29) is 23.4 Å². The van der Waals surface area contributed by atoms with Gasteiger partial charge in [0.15, 0.2) is 0 Å². The molecule has 5 saturated carbocycles. The van der Waals surface area contributed by atoms with Crippen LogP contribution in [0.2, 0.25) is 0 Å². The van der Waals surface area contributed by atoms with E-state index in [0.717, 1.165) is 48.3 Å². The van der Waals surface area contributed by atoms with Gasteiger partial charge in [0.25, 0.3) is 0 Å². The van der Waals surface area contributed by atoms with Crippen molar-refractivity contribution in [3.63, 3.8) is 0 Å². The third-order valence-electron chi connectivity index (χ3n) is 15.4. The van der Waals surface area contributed by atoms with Gasteiger partial charge in [0, 0.05) is 12.3 Å². The van der Waals surface area contributed by atoms with Gasteiger partial charge in [-0.15, -0.1) is 0 Å². The molecule has 4 nitrogen and oxygen atoms in total. The molecule has 5 aliphatic carbocycles. The van der Waals surface area contributed by atoms with Gasteiger partial charge < -0.3 is 14.6 Å². The van der Waals surface area contributed by atoms with Gasteiger partial charge in [0.05, 0.1) is 12.4 Å². The minimum Gasteiger partial charge on any atom is -0.496 e. The molecule has 0 aromatic rings. The second-order valence-corrected chi connectivity index (χ2v) is 16.2. The second kappa shape index (κ2) is 10.7. The largest absolute Gasteiger partial charge is 0.496 e. The SMILES string of the molecule is C=C(COC(C)=O)[C@@H]1CC[C@]2(C(=C)OCCO)CC[C@]3(C)C(CC[C@@H]4[C@@]5(C)CC[C@H](C)[C@@](C)(CC)[C@@H]5CC[C@]43C)[C@@H]12. The van der Waals surface area contributed by atoms with Crippen LogP contribution in [0.4, 0.5) is 0 Å². The quantitative estimate of drug-likeness (QED) is 0.181. The zero-order valence-corrected chi connectivity index (χ0v) is 27.4. The summed E-state index contributed by atoms with van der Waals surface area (Å²) in [6.07, 6.45) is 13.7. The predicted molar refractivity (Wildman–Crippen MR) is 166 cm³/mol. The maximum absolute atomic E-state index is 11.7. The van der Waals surface area contributed by atoms with Gasteiger partial charge in [-0.2, -0.15) is 0 Å². The molecular formula is C37H60O4. The number of carbonyl (C=O) groups is 1. The van der Waals surface area contributed by atoms with Crippen molar-refractivity contribution in [3.05, 3.63) is 24.5 Å². The highest BCUT2D eigenvalue weighted by molar-refractivity contribution is 5.66. The van der Waals surface area contributed by atoms with Gasteiger partial charge >= 0.3 is 5.97 Å². The highest BCUT2D eigenvalue weighted by atomic mass is 16.5. The number of aliphatic hydroxyl groups is 1. The number of aliphatic hydroxyl groups excluding tert-OH is 1. The first-order valence-electron chi connectivity index (χ1n) is 17.0. The van der Waals surface area contributed by atoms with Crippen LogP contribution in [-0.4, -0.2) is 30.9 Å². The fourth-order valence-electron chi connectivity index (χ4n) is 12.7. The van der Waals surface area contributed by atoms with Crippen molar-refractivity contribution < 1.29 is 19.4 Å². The van der Waals surface area contributed by atoms with Crippen molar-refractivity contribution in [3.8, 4) is 0 Å². The summed E-state index contributed by atoms with van der Waals surface area (Å²) in [7, 11) is 0. The molecule has 1 unspecified atom stereocenters. The topological polar surface area (TPSA) is 55.8 Å². The summed E-state index contributed by atoms with van der Waals surface area (Å²) in [5.74, 6) is 4.30. The lowest BCUT2D eigenvalue weighted by Crippen LogP contribution is -2.66. The fourth-order valence-corrected chi connectivity index (χ4v) is 12.7. The minimum atomic E-state index is -0.238. The maximum Gasteiger partial charge on any atom is 0.302 e. The number of carbonyl (C=O) groups excluding carboxylic acids is 1. The monoisotopic (exact) mass is 568 g/mol. The minimum absolute atomic E-state index is 0.0122. The Morgan fingerprint density at radius 1 is 0.878 bits per heavy atom. The number of ether oxygens (including phenoxy) is 2. The number of allylic oxidation sites excluding steroid dienone is 1. The first-order chi connectivity index (χ1) is 19.2. The normalized spacial score (nSPS) is 48.7. The summed E-state index contributed by atoms with van der Waals surface area (Å²) in [5, 5.41) is 9.57. The molecule has 0 aromatic carbocycles. The summed E-state index contributed by atoms with van der Waals surface area (Å²) >= 11 is 0. The summed E-state index contributed by atoms with van der Waals surface area (Å²) in [4.78, 5) is 11.7. The molecule has 1 N–H and O–H groups in total. The van der Waals surface area contributed by atoms with E-state index in [9.17, 15) is 9.90 Å². The van der Waals surface area contributed by atoms with Crippen molar-refractivity contribution in [1.29, 1.82) is 0 Å². The molecule has 0 heterocycles. The second-order valence-electron chi connectivity index (χ2n) is 16.2. The van der Waals surface area contributed by atoms with E-state index in [1.54, 1.807) is 0 Å². The molecule has 41 heavy (non-hydrogen) atoms. The van der Waals surface area contributed by atoms with Gasteiger partial charge in [-0.05, 0) is 127 Å². The van der Waals surface area contributed by atoms with Gasteiger partial charge in [0.2, 0.25) is 0 Å². The van der Waals surface area contributed by atoms with Gasteiger partial charge in [-0.25, -0.2) is 0 Å². The van der Waals surface area contributed by atoms with Crippen molar-refractivity contribution in [2.24, 2.45) is 62.6 Å². The molecule has 232 valence electrons. The third-order valence-corrected chi connectivity index (χ3v) is 15.4. The molecule has 11 atom stereocenters. The first kappa shape index (κ1) is 31.1. The van der Waals surface area contributed by atoms with Gasteiger partial charge in [0.1, 0.15) is 13.2 Å². The van der Waals surface area contributed by atoms with Crippen LogP contribution in [0.5, 0.6) is 0 Å². The standard InChI is InChI=1S/C37H60O4/c1-10-33(6)25(3)13-16-34(7)30(33)15-17-36(9)31(34)12-11-29-32-28(24(2)23-41-27(5)39)14-18-37(32,20-19-35(29,36)8)26(4)40-22-21-38/h25,28-32,38H,2,4,10-23H2,1,3,5-9H3/t25-,28-,29?,30-,31+,32+,33+,34-,35+,36+,37+/m0/s1. The van der Waals surface area contributed by atoms with Crippen LogP contribution in [-0.2, 0) is 14.3 Å². The van der Waals surface area contributed by atoms with Crippen molar-refractivity contribution in [1.82, 2.24) is 0 Å². The molecule has 5 aliphatic rings. The summed E-state index contributed by atoms with van der Waals surface area (Å²) in [6.45, 7) is 26.9. The van der Waals surface area contributed by atoms with E-state index in [1.165, 1.54) is 58.3 Å².